The monoisotopic (exact) mass is 381 g/mol. The second kappa shape index (κ2) is 7.22. The van der Waals surface area contributed by atoms with Gasteiger partial charge in [-0.1, -0.05) is 6.07 Å². The maximum absolute atomic E-state index is 12.6. The van der Waals surface area contributed by atoms with E-state index in [0.717, 1.165) is 0 Å². The molecule has 0 spiro atoms. The lowest BCUT2D eigenvalue weighted by Crippen LogP contribution is -2.28. The highest BCUT2D eigenvalue weighted by atomic mass is 16.7. The molecule has 1 atom stereocenters. The van der Waals surface area contributed by atoms with E-state index in [4.69, 9.17) is 9.47 Å². The summed E-state index contributed by atoms with van der Waals surface area (Å²) in [7, 11) is 0. The number of anilines is 3. The van der Waals surface area contributed by atoms with Crippen LogP contribution >= 0.6 is 0 Å². The summed E-state index contributed by atoms with van der Waals surface area (Å²) in [4.78, 5) is 37.8. The molecule has 2 aliphatic heterocycles. The molecular formula is C20H19N3O5. The lowest BCUT2D eigenvalue weighted by Gasteiger charge is -2.17. The molecule has 8 nitrogen and oxygen atoms in total. The van der Waals surface area contributed by atoms with Crippen LogP contribution < -0.4 is 25.0 Å². The minimum absolute atomic E-state index is 0.119. The van der Waals surface area contributed by atoms with Crippen LogP contribution in [0.5, 0.6) is 11.5 Å². The van der Waals surface area contributed by atoms with Gasteiger partial charge in [0.1, 0.15) is 0 Å². The third-order valence-corrected chi connectivity index (χ3v) is 4.61. The molecule has 1 saturated heterocycles. The normalized spacial score (nSPS) is 17.5. The number of ether oxygens (including phenoxy) is 2. The van der Waals surface area contributed by atoms with Gasteiger partial charge < -0.3 is 25.0 Å². The van der Waals surface area contributed by atoms with Crippen LogP contribution in [0.4, 0.5) is 17.1 Å². The van der Waals surface area contributed by atoms with Crippen molar-refractivity contribution in [1.82, 2.24) is 0 Å². The Labute approximate surface area is 161 Å². The molecule has 0 radical (unpaired) electrons. The van der Waals surface area contributed by atoms with Crippen molar-refractivity contribution in [3.05, 3.63) is 42.5 Å². The lowest BCUT2D eigenvalue weighted by molar-refractivity contribution is -0.122. The van der Waals surface area contributed by atoms with Crippen molar-refractivity contribution in [1.29, 1.82) is 0 Å². The topological polar surface area (TPSA) is 97.0 Å². The molecule has 1 unspecified atom stereocenters. The van der Waals surface area contributed by atoms with E-state index in [-0.39, 0.29) is 37.5 Å². The fourth-order valence-corrected chi connectivity index (χ4v) is 3.31. The third-order valence-electron chi connectivity index (χ3n) is 4.61. The van der Waals surface area contributed by atoms with E-state index in [1.54, 1.807) is 47.4 Å². The molecule has 2 aliphatic rings. The van der Waals surface area contributed by atoms with Crippen LogP contribution in [-0.2, 0) is 14.4 Å². The highest BCUT2D eigenvalue weighted by molar-refractivity contribution is 6.04. The van der Waals surface area contributed by atoms with E-state index in [1.165, 1.54) is 6.92 Å². The summed E-state index contributed by atoms with van der Waals surface area (Å²) in [6.45, 7) is 1.87. The van der Waals surface area contributed by atoms with Crippen LogP contribution in [0, 0.1) is 5.92 Å². The molecule has 2 N–H and O–H groups in total. The minimum atomic E-state index is -0.470. The average molecular weight is 381 g/mol. The van der Waals surface area contributed by atoms with Gasteiger partial charge in [-0.25, -0.2) is 0 Å². The highest BCUT2D eigenvalue weighted by Crippen LogP contribution is 2.37. The smallest absolute Gasteiger partial charge is 0.231 e. The van der Waals surface area contributed by atoms with Crippen LogP contribution in [0.25, 0.3) is 0 Å². The Morgan fingerprint density at radius 2 is 1.79 bits per heavy atom. The molecule has 0 saturated carbocycles. The van der Waals surface area contributed by atoms with E-state index in [1.807, 2.05) is 0 Å². The number of carbonyl (C=O) groups is 3. The molecule has 0 aliphatic carbocycles. The van der Waals surface area contributed by atoms with Gasteiger partial charge in [-0.15, -0.1) is 0 Å². The number of hydrogen-bond donors (Lipinski definition) is 2. The van der Waals surface area contributed by atoms with Gasteiger partial charge in [-0.3, -0.25) is 14.4 Å². The second-order valence-corrected chi connectivity index (χ2v) is 6.69. The first kappa shape index (κ1) is 17.8. The van der Waals surface area contributed by atoms with Gasteiger partial charge in [0.15, 0.2) is 11.5 Å². The molecule has 2 heterocycles. The Kier molecular flexibility index (Phi) is 4.60. The summed E-state index contributed by atoms with van der Waals surface area (Å²) in [5.41, 5.74) is 1.83. The molecule has 2 aromatic carbocycles. The first-order valence-corrected chi connectivity index (χ1v) is 8.88. The maximum Gasteiger partial charge on any atom is 0.231 e. The van der Waals surface area contributed by atoms with Gasteiger partial charge in [-0.2, -0.15) is 0 Å². The number of carbonyl (C=O) groups excluding carboxylic acids is 3. The van der Waals surface area contributed by atoms with Crippen LogP contribution in [-0.4, -0.2) is 31.1 Å². The molecule has 2 aromatic rings. The van der Waals surface area contributed by atoms with Crippen molar-refractivity contribution in [2.24, 2.45) is 5.92 Å². The Balaban J connectivity index is 1.44. The minimum Gasteiger partial charge on any atom is -0.454 e. The summed E-state index contributed by atoms with van der Waals surface area (Å²) in [6, 6.07) is 12.2. The molecule has 1 fully saturated rings. The number of benzene rings is 2. The molecule has 144 valence electrons. The molecule has 28 heavy (non-hydrogen) atoms. The molecule has 0 aromatic heterocycles. The summed E-state index contributed by atoms with van der Waals surface area (Å²) in [6.07, 6.45) is 0.131. The summed E-state index contributed by atoms with van der Waals surface area (Å²) in [5.74, 6) is 0.214. The standard InChI is InChI=1S/C20H19N3O5/c1-12(24)21-14-3-2-4-15(8-14)22-20(26)13-7-19(25)23(10-13)16-5-6-17-18(9-16)28-11-27-17/h2-6,8-9,13H,7,10-11H2,1H3,(H,21,24)(H,22,26). The fraction of sp³-hybridized carbons (Fsp3) is 0.250. The van der Waals surface area contributed by atoms with Crippen molar-refractivity contribution in [2.45, 2.75) is 13.3 Å². The van der Waals surface area contributed by atoms with Crippen molar-refractivity contribution < 1.29 is 23.9 Å². The predicted octanol–water partition coefficient (Wildman–Crippen LogP) is 2.37. The number of nitrogens with zero attached hydrogens (tertiary/aromatic N) is 1. The van der Waals surface area contributed by atoms with E-state index < -0.39 is 5.92 Å². The van der Waals surface area contributed by atoms with E-state index in [2.05, 4.69) is 10.6 Å². The van der Waals surface area contributed by atoms with Crippen molar-refractivity contribution in [3.8, 4) is 11.5 Å². The molecular weight excluding hydrogens is 362 g/mol. The molecule has 0 bridgehead atoms. The highest BCUT2D eigenvalue weighted by Gasteiger charge is 2.35. The van der Waals surface area contributed by atoms with Gasteiger partial charge in [0.2, 0.25) is 24.5 Å². The molecule has 8 heteroatoms. The van der Waals surface area contributed by atoms with Gasteiger partial charge >= 0.3 is 0 Å². The Hall–Kier alpha value is -3.55. The number of rotatable bonds is 4. The zero-order valence-electron chi connectivity index (χ0n) is 15.2. The number of amides is 3. The summed E-state index contributed by atoms with van der Waals surface area (Å²) in [5, 5.41) is 5.49. The largest absolute Gasteiger partial charge is 0.454 e. The van der Waals surface area contributed by atoms with Gasteiger partial charge in [0.05, 0.1) is 5.92 Å². The predicted molar refractivity (Wildman–Crippen MR) is 102 cm³/mol. The molecule has 3 amide bonds. The third kappa shape index (κ3) is 3.62. The quantitative estimate of drug-likeness (QED) is 0.848. The average Bonchev–Trinajstić information content (AvgIpc) is 3.27. The number of nitrogens with one attached hydrogen (secondary N) is 2. The summed E-state index contributed by atoms with van der Waals surface area (Å²) < 4.78 is 10.6. The van der Waals surface area contributed by atoms with Crippen LogP contribution in [0.15, 0.2) is 42.5 Å². The zero-order valence-corrected chi connectivity index (χ0v) is 15.2. The first-order valence-electron chi connectivity index (χ1n) is 8.88. The van der Waals surface area contributed by atoms with E-state index in [9.17, 15) is 14.4 Å². The summed E-state index contributed by atoms with van der Waals surface area (Å²) >= 11 is 0. The van der Waals surface area contributed by atoms with Crippen LogP contribution in [0.2, 0.25) is 0 Å². The Bertz CT molecular complexity index is 959. The Morgan fingerprint density at radius 1 is 1.04 bits per heavy atom. The van der Waals surface area contributed by atoms with Crippen molar-refractivity contribution in [2.75, 3.05) is 28.9 Å². The van der Waals surface area contributed by atoms with Gasteiger partial charge in [0, 0.05) is 43.0 Å². The van der Waals surface area contributed by atoms with Crippen molar-refractivity contribution in [3.63, 3.8) is 0 Å². The Morgan fingerprint density at radius 3 is 2.57 bits per heavy atom. The molecule has 4 rings (SSSR count). The fourth-order valence-electron chi connectivity index (χ4n) is 3.31. The van der Waals surface area contributed by atoms with Crippen LogP contribution in [0.3, 0.4) is 0 Å². The first-order chi connectivity index (χ1) is 13.5. The van der Waals surface area contributed by atoms with E-state index in [0.29, 0.717) is 28.6 Å². The van der Waals surface area contributed by atoms with Gasteiger partial charge in [0.25, 0.3) is 0 Å². The number of hydrogen-bond acceptors (Lipinski definition) is 5. The second-order valence-electron chi connectivity index (χ2n) is 6.69. The lowest BCUT2D eigenvalue weighted by atomic mass is 10.1. The maximum atomic E-state index is 12.6. The van der Waals surface area contributed by atoms with Crippen LogP contribution in [0.1, 0.15) is 13.3 Å². The zero-order chi connectivity index (χ0) is 19.7. The van der Waals surface area contributed by atoms with Gasteiger partial charge in [-0.05, 0) is 30.3 Å². The SMILES string of the molecule is CC(=O)Nc1cccc(NC(=O)C2CC(=O)N(c3ccc4c(c3)OCO4)C2)c1. The number of fused-ring (bicyclic) bond motifs is 1. The van der Waals surface area contributed by atoms with Crippen molar-refractivity contribution >= 4 is 34.8 Å². The van der Waals surface area contributed by atoms with E-state index >= 15 is 0 Å².